The molecule has 172 valence electrons. The Kier molecular flexibility index (Phi) is 7.89. The van der Waals surface area contributed by atoms with Crippen LogP contribution in [0.2, 0.25) is 0 Å². The van der Waals surface area contributed by atoms with Gasteiger partial charge >= 0.3 is 0 Å². The van der Waals surface area contributed by atoms with Crippen LogP contribution in [-0.2, 0) is 4.79 Å². The third-order valence-corrected chi connectivity index (χ3v) is 5.34. The second-order valence-corrected chi connectivity index (χ2v) is 7.33. The van der Waals surface area contributed by atoms with Crippen molar-refractivity contribution in [2.45, 2.75) is 19.8 Å². The average molecular weight is 448 g/mol. The number of allylic oxidation sites excluding steroid dienone is 1. The topological polar surface area (TPSA) is 124 Å². The number of aliphatic imine (C=N–C) groups is 1. The Morgan fingerprint density at radius 2 is 1.88 bits per heavy atom. The number of amides is 1. The second-order valence-electron chi connectivity index (χ2n) is 7.33. The molecule has 0 saturated heterocycles. The zero-order chi connectivity index (χ0) is 23.8. The Hall–Kier alpha value is -4.03. The lowest BCUT2D eigenvalue weighted by atomic mass is 10.2. The van der Waals surface area contributed by atoms with Gasteiger partial charge in [-0.25, -0.2) is 5.84 Å². The van der Waals surface area contributed by atoms with Crippen LogP contribution in [0.25, 0.3) is 0 Å². The fourth-order valence-electron chi connectivity index (χ4n) is 3.59. The van der Waals surface area contributed by atoms with Crippen LogP contribution in [0.4, 0.5) is 17.1 Å². The summed E-state index contributed by atoms with van der Waals surface area (Å²) < 4.78 is 5.18. The first-order chi connectivity index (χ1) is 16.0. The number of methoxy groups -OCH3 is 1. The van der Waals surface area contributed by atoms with Crippen LogP contribution in [0.15, 0.2) is 65.3 Å². The minimum Gasteiger partial charge on any atom is -0.497 e. The predicted molar refractivity (Wildman–Crippen MR) is 131 cm³/mol. The van der Waals surface area contributed by atoms with Crippen molar-refractivity contribution in [1.82, 2.24) is 0 Å². The zero-order valence-corrected chi connectivity index (χ0v) is 18.9. The molecule has 0 spiro atoms. The standard InChI is InChI=1S/C24H29N7O2/c1-3-29(18-7-9-19(10-8-18)30-17-5-16-28-24(30)26)23(32)22(6-4-15-25)31(27)20-11-13-21(33-2)14-12-20/h6-14H,3-5,16-17,27H2,1-2H3,(H2,26,28)/b22-6-. The highest BCUT2D eigenvalue weighted by molar-refractivity contribution is 6.07. The van der Waals surface area contributed by atoms with E-state index in [1.807, 2.05) is 42.2 Å². The molecule has 0 fully saturated rings. The molecule has 1 heterocycles. The van der Waals surface area contributed by atoms with Gasteiger partial charge in [0.2, 0.25) is 0 Å². The van der Waals surface area contributed by atoms with Crippen LogP contribution >= 0.6 is 0 Å². The van der Waals surface area contributed by atoms with E-state index in [0.29, 0.717) is 29.6 Å². The maximum absolute atomic E-state index is 13.5. The summed E-state index contributed by atoms with van der Waals surface area (Å²) in [5.74, 6) is 7.18. The van der Waals surface area contributed by atoms with E-state index in [1.54, 1.807) is 36.3 Å². The number of guanidine groups is 1. The molecule has 0 bridgehead atoms. The van der Waals surface area contributed by atoms with Gasteiger partial charge in [0.25, 0.3) is 5.91 Å². The van der Waals surface area contributed by atoms with Gasteiger partial charge in [0.15, 0.2) is 5.96 Å². The Balaban J connectivity index is 1.86. The maximum Gasteiger partial charge on any atom is 0.276 e. The van der Waals surface area contributed by atoms with Crippen LogP contribution in [0.1, 0.15) is 19.8 Å². The Morgan fingerprint density at radius 3 is 2.45 bits per heavy atom. The summed E-state index contributed by atoms with van der Waals surface area (Å²) in [5, 5.41) is 10.4. The van der Waals surface area contributed by atoms with E-state index >= 15 is 0 Å². The molecular weight excluding hydrogens is 418 g/mol. The van der Waals surface area contributed by atoms with Gasteiger partial charge in [0.05, 0.1) is 25.3 Å². The van der Waals surface area contributed by atoms with E-state index in [1.165, 1.54) is 11.1 Å². The van der Waals surface area contributed by atoms with Crippen molar-refractivity contribution in [1.29, 1.82) is 5.26 Å². The second kappa shape index (κ2) is 11.0. The van der Waals surface area contributed by atoms with Crippen LogP contribution in [0.5, 0.6) is 5.75 Å². The lowest BCUT2D eigenvalue weighted by molar-refractivity contribution is -0.115. The van der Waals surface area contributed by atoms with Crippen LogP contribution < -0.4 is 31.1 Å². The molecule has 0 unspecified atom stereocenters. The van der Waals surface area contributed by atoms with E-state index < -0.39 is 0 Å². The number of nitrogens with two attached hydrogens (primary N) is 2. The van der Waals surface area contributed by atoms with Crippen molar-refractivity contribution in [2.24, 2.45) is 16.6 Å². The molecule has 2 aromatic rings. The van der Waals surface area contributed by atoms with Crippen LogP contribution in [-0.4, -0.2) is 38.6 Å². The highest BCUT2D eigenvalue weighted by Crippen LogP contribution is 2.26. The summed E-state index contributed by atoms with van der Waals surface area (Å²) in [5.41, 5.74) is 8.46. The van der Waals surface area contributed by atoms with Crippen molar-refractivity contribution in [3.8, 4) is 11.8 Å². The molecule has 9 nitrogen and oxygen atoms in total. The number of nitriles is 1. The number of ether oxygens (including phenoxy) is 1. The Morgan fingerprint density at radius 1 is 1.21 bits per heavy atom. The van der Waals surface area contributed by atoms with Gasteiger partial charge < -0.3 is 20.3 Å². The lowest BCUT2D eigenvalue weighted by Gasteiger charge is -2.29. The van der Waals surface area contributed by atoms with Crippen molar-refractivity contribution in [2.75, 3.05) is 41.6 Å². The van der Waals surface area contributed by atoms with E-state index in [0.717, 1.165) is 25.2 Å². The lowest BCUT2D eigenvalue weighted by Crippen LogP contribution is -2.42. The number of hydrogen-bond donors (Lipinski definition) is 2. The predicted octanol–water partition coefficient (Wildman–Crippen LogP) is 2.75. The van der Waals surface area contributed by atoms with Gasteiger partial charge in [0.1, 0.15) is 11.4 Å². The summed E-state index contributed by atoms with van der Waals surface area (Å²) in [6, 6.07) is 16.6. The normalized spacial score (nSPS) is 13.7. The first-order valence-corrected chi connectivity index (χ1v) is 10.8. The molecular formula is C24H29N7O2. The van der Waals surface area contributed by atoms with Gasteiger partial charge in [-0.2, -0.15) is 5.26 Å². The summed E-state index contributed by atoms with van der Waals surface area (Å²) in [7, 11) is 1.58. The van der Waals surface area contributed by atoms with E-state index in [9.17, 15) is 4.79 Å². The largest absolute Gasteiger partial charge is 0.497 e. The van der Waals surface area contributed by atoms with Gasteiger partial charge in [-0.15, -0.1) is 0 Å². The number of carbonyl (C=O) groups excluding carboxylic acids is 1. The van der Waals surface area contributed by atoms with Gasteiger partial charge in [-0.1, -0.05) is 0 Å². The Labute approximate surface area is 194 Å². The SMILES string of the molecule is CCN(C(=O)/C(=C/CC#N)N(N)c1ccc(OC)cc1)c1ccc(N2CCCN=C2N)cc1. The molecule has 0 radical (unpaired) electrons. The molecule has 9 heteroatoms. The molecule has 0 aromatic heterocycles. The number of hydrazine groups is 1. The molecule has 3 rings (SSSR count). The number of nitrogens with zero attached hydrogens (tertiary/aromatic N) is 5. The van der Waals surface area contributed by atoms with E-state index in [-0.39, 0.29) is 18.0 Å². The molecule has 2 aromatic carbocycles. The molecule has 1 aliphatic heterocycles. The number of rotatable bonds is 8. The van der Waals surface area contributed by atoms with Crippen molar-refractivity contribution >= 4 is 28.9 Å². The van der Waals surface area contributed by atoms with Crippen molar-refractivity contribution in [3.63, 3.8) is 0 Å². The number of benzene rings is 2. The summed E-state index contributed by atoms with van der Waals surface area (Å²) in [4.78, 5) is 21.4. The van der Waals surface area contributed by atoms with E-state index in [2.05, 4.69) is 4.99 Å². The van der Waals surface area contributed by atoms with Crippen molar-refractivity contribution < 1.29 is 9.53 Å². The van der Waals surface area contributed by atoms with E-state index in [4.69, 9.17) is 21.6 Å². The van der Waals surface area contributed by atoms with Gasteiger partial charge in [0, 0.05) is 31.0 Å². The molecule has 4 N–H and O–H groups in total. The zero-order valence-electron chi connectivity index (χ0n) is 18.9. The fourth-order valence-corrected chi connectivity index (χ4v) is 3.59. The molecule has 0 aliphatic carbocycles. The van der Waals surface area contributed by atoms with Gasteiger partial charge in [-0.3, -0.25) is 14.8 Å². The first kappa shape index (κ1) is 23.6. The average Bonchev–Trinajstić information content (AvgIpc) is 2.85. The smallest absolute Gasteiger partial charge is 0.276 e. The van der Waals surface area contributed by atoms with Crippen LogP contribution in [0.3, 0.4) is 0 Å². The molecule has 1 amide bonds. The maximum atomic E-state index is 13.5. The highest BCUT2D eigenvalue weighted by Gasteiger charge is 2.24. The Bertz CT molecular complexity index is 1060. The molecule has 33 heavy (non-hydrogen) atoms. The number of anilines is 3. The molecule has 0 saturated carbocycles. The summed E-state index contributed by atoms with van der Waals surface area (Å²) in [6.45, 7) is 3.85. The molecule has 0 atom stereocenters. The summed E-state index contributed by atoms with van der Waals surface area (Å²) >= 11 is 0. The minimum atomic E-state index is -0.308. The quantitative estimate of drug-likeness (QED) is 0.362. The molecule has 1 aliphatic rings. The third kappa shape index (κ3) is 5.42. The number of hydrogen-bond acceptors (Lipinski definition) is 8. The first-order valence-electron chi connectivity index (χ1n) is 10.8. The number of likely N-dealkylation sites (N-methyl/N-ethyl adjacent to an activating group) is 1. The minimum absolute atomic E-state index is 0.0506. The van der Waals surface area contributed by atoms with Crippen LogP contribution in [0, 0.1) is 11.3 Å². The monoisotopic (exact) mass is 447 g/mol. The fraction of sp³-hybridized carbons (Fsp3) is 0.292. The summed E-state index contributed by atoms with van der Waals surface area (Å²) in [6.07, 6.45) is 2.52. The number of carbonyl (C=O) groups is 1. The van der Waals surface area contributed by atoms with Gasteiger partial charge in [-0.05, 0) is 68.0 Å². The highest BCUT2D eigenvalue weighted by atomic mass is 16.5. The van der Waals surface area contributed by atoms with Crippen molar-refractivity contribution in [3.05, 3.63) is 60.3 Å². The third-order valence-electron chi connectivity index (χ3n) is 5.34.